The van der Waals surface area contributed by atoms with Gasteiger partial charge in [0, 0.05) is 12.0 Å². The number of carbonyl (C=O) groups excluding carboxylic acids is 1. The zero-order chi connectivity index (χ0) is 13.7. The van der Waals surface area contributed by atoms with Gasteiger partial charge in [-0.15, -0.1) is 0 Å². The van der Waals surface area contributed by atoms with Gasteiger partial charge in [-0.05, 0) is 17.4 Å². The molecule has 0 aromatic heterocycles. The van der Waals surface area contributed by atoms with Crippen molar-refractivity contribution in [1.29, 1.82) is 0 Å². The van der Waals surface area contributed by atoms with Gasteiger partial charge in [0.2, 0.25) is 0 Å². The summed E-state index contributed by atoms with van der Waals surface area (Å²) in [6.45, 7) is 4.31. The zero-order valence-corrected chi connectivity index (χ0v) is 11.6. The average molecular weight is 252 g/mol. The molecule has 0 radical (unpaired) electrons. The fourth-order valence-electron chi connectivity index (χ4n) is 2.35. The van der Waals surface area contributed by atoms with E-state index < -0.39 is 0 Å². The maximum Gasteiger partial charge on any atom is 0.163 e. The lowest BCUT2D eigenvalue weighted by molar-refractivity contribution is 0.0952. The third kappa shape index (κ3) is 3.11. The van der Waals surface area contributed by atoms with E-state index in [-0.39, 0.29) is 11.2 Å². The number of hydrogen-bond donors (Lipinski definition) is 0. The maximum absolute atomic E-state index is 12.4. The third-order valence-corrected chi connectivity index (χ3v) is 3.90. The van der Waals surface area contributed by atoms with Crippen molar-refractivity contribution < 1.29 is 4.79 Å². The minimum absolute atomic E-state index is 0.0891. The van der Waals surface area contributed by atoms with E-state index in [0.717, 1.165) is 12.0 Å². The Balaban J connectivity index is 2.22. The molecule has 0 bridgehead atoms. The van der Waals surface area contributed by atoms with Crippen molar-refractivity contribution in [2.24, 2.45) is 0 Å². The first kappa shape index (κ1) is 13.5. The van der Waals surface area contributed by atoms with E-state index in [1.165, 1.54) is 5.56 Å². The van der Waals surface area contributed by atoms with E-state index in [4.69, 9.17) is 0 Å². The minimum atomic E-state index is -0.0891. The molecule has 0 heterocycles. The van der Waals surface area contributed by atoms with Gasteiger partial charge >= 0.3 is 0 Å². The smallest absolute Gasteiger partial charge is 0.163 e. The number of Topliss-reactive ketones (excluding diaryl/α,β-unsaturated/α-hetero) is 1. The van der Waals surface area contributed by atoms with Gasteiger partial charge in [0.1, 0.15) is 0 Å². The standard InChI is InChI=1S/C18H20O/c1-3-18(2,16-12-8-5-9-13-16)14-17(19)15-10-6-4-7-11-15/h4-13H,3,14H2,1-2H3/t18-/m0/s1. The summed E-state index contributed by atoms with van der Waals surface area (Å²) in [5, 5.41) is 0. The summed E-state index contributed by atoms with van der Waals surface area (Å²) in [6, 6.07) is 19.9. The topological polar surface area (TPSA) is 17.1 Å². The second-order valence-corrected chi connectivity index (χ2v) is 5.25. The van der Waals surface area contributed by atoms with Crippen LogP contribution in [0.2, 0.25) is 0 Å². The van der Waals surface area contributed by atoms with Crippen molar-refractivity contribution in [3.8, 4) is 0 Å². The quantitative estimate of drug-likeness (QED) is 0.709. The molecule has 2 aromatic carbocycles. The highest BCUT2D eigenvalue weighted by atomic mass is 16.1. The molecule has 0 saturated carbocycles. The highest BCUT2D eigenvalue weighted by molar-refractivity contribution is 5.96. The molecule has 0 aliphatic heterocycles. The van der Waals surface area contributed by atoms with Gasteiger partial charge in [0.15, 0.2) is 5.78 Å². The molecule has 0 unspecified atom stereocenters. The van der Waals surface area contributed by atoms with Crippen molar-refractivity contribution >= 4 is 5.78 Å². The Labute approximate surface area is 115 Å². The summed E-state index contributed by atoms with van der Waals surface area (Å²) in [5.74, 6) is 0.216. The molecule has 0 fully saturated rings. The number of carbonyl (C=O) groups is 1. The molecule has 1 nitrogen and oxygen atoms in total. The van der Waals surface area contributed by atoms with Crippen molar-refractivity contribution in [3.05, 3.63) is 71.8 Å². The summed E-state index contributed by atoms with van der Waals surface area (Å²) in [6.07, 6.45) is 1.51. The molecule has 1 heteroatoms. The maximum atomic E-state index is 12.4. The zero-order valence-electron chi connectivity index (χ0n) is 11.6. The van der Waals surface area contributed by atoms with Crippen molar-refractivity contribution in [2.45, 2.75) is 32.1 Å². The molecular weight excluding hydrogens is 232 g/mol. The molecule has 98 valence electrons. The average Bonchev–Trinajstić information content (AvgIpc) is 2.49. The summed E-state index contributed by atoms with van der Waals surface area (Å²) in [7, 11) is 0. The Hall–Kier alpha value is -1.89. The summed E-state index contributed by atoms with van der Waals surface area (Å²) < 4.78 is 0. The molecule has 0 amide bonds. The fraction of sp³-hybridized carbons (Fsp3) is 0.278. The largest absolute Gasteiger partial charge is 0.294 e. The van der Waals surface area contributed by atoms with Crippen LogP contribution >= 0.6 is 0 Å². The van der Waals surface area contributed by atoms with Crippen LogP contribution in [0.25, 0.3) is 0 Å². The predicted molar refractivity (Wildman–Crippen MR) is 79.5 cm³/mol. The van der Waals surface area contributed by atoms with E-state index in [1.54, 1.807) is 0 Å². The second-order valence-electron chi connectivity index (χ2n) is 5.25. The van der Waals surface area contributed by atoms with Gasteiger partial charge < -0.3 is 0 Å². The van der Waals surface area contributed by atoms with Gasteiger partial charge in [-0.2, -0.15) is 0 Å². The lowest BCUT2D eigenvalue weighted by Crippen LogP contribution is -2.25. The molecule has 0 aliphatic carbocycles. The lowest BCUT2D eigenvalue weighted by Gasteiger charge is -2.28. The van der Waals surface area contributed by atoms with Gasteiger partial charge in [-0.1, -0.05) is 74.5 Å². The number of benzene rings is 2. The van der Waals surface area contributed by atoms with E-state index in [0.29, 0.717) is 6.42 Å². The van der Waals surface area contributed by atoms with Crippen LogP contribution in [0, 0.1) is 0 Å². The van der Waals surface area contributed by atoms with Crippen LogP contribution in [0.5, 0.6) is 0 Å². The second kappa shape index (κ2) is 5.83. The van der Waals surface area contributed by atoms with Crippen LogP contribution in [0.15, 0.2) is 60.7 Å². The SMILES string of the molecule is CC[C@@](C)(CC(=O)c1ccccc1)c1ccccc1. The van der Waals surface area contributed by atoms with Crippen LogP contribution in [-0.4, -0.2) is 5.78 Å². The Morgan fingerprint density at radius 1 is 0.947 bits per heavy atom. The third-order valence-electron chi connectivity index (χ3n) is 3.90. The molecule has 2 rings (SSSR count). The lowest BCUT2D eigenvalue weighted by atomic mass is 9.75. The fourth-order valence-corrected chi connectivity index (χ4v) is 2.35. The van der Waals surface area contributed by atoms with Crippen molar-refractivity contribution in [1.82, 2.24) is 0 Å². The molecule has 19 heavy (non-hydrogen) atoms. The molecule has 0 saturated heterocycles. The number of ketones is 1. The van der Waals surface area contributed by atoms with Gasteiger partial charge in [-0.3, -0.25) is 4.79 Å². The summed E-state index contributed by atoms with van der Waals surface area (Å²) >= 11 is 0. The van der Waals surface area contributed by atoms with E-state index in [1.807, 2.05) is 48.5 Å². The first-order valence-electron chi connectivity index (χ1n) is 6.79. The van der Waals surface area contributed by atoms with Gasteiger partial charge in [0.05, 0.1) is 0 Å². The highest BCUT2D eigenvalue weighted by Gasteiger charge is 2.27. The van der Waals surface area contributed by atoms with Crippen LogP contribution in [0.4, 0.5) is 0 Å². The molecular formula is C18H20O. The number of rotatable bonds is 5. The monoisotopic (exact) mass is 252 g/mol. The Kier molecular flexibility index (Phi) is 4.16. The first-order chi connectivity index (χ1) is 9.15. The Morgan fingerprint density at radius 3 is 2.00 bits per heavy atom. The van der Waals surface area contributed by atoms with Crippen molar-refractivity contribution in [2.75, 3.05) is 0 Å². The first-order valence-corrected chi connectivity index (χ1v) is 6.79. The van der Waals surface area contributed by atoms with Crippen molar-refractivity contribution in [3.63, 3.8) is 0 Å². The molecule has 1 atom stereocenters. The van der Waals surface area contributed by atoms with E-state index >= 15 is 0 Å². The van der Waals surface area contributed by atoms with E-state index in [2.05, 4.69) is 26.0 Å². The Morgan fingerprint density at radius 2 is 1.47 bits per heavy atom. The molecule has 0 aliphatic rings. The predicted octanol–water partition coefficient (Wildman–Crippen LogP) is 4.63. The normalized spacial score (nSPS) is 13.8. The van der Waals surface area contributed by atoms with Gasteiger partial charge in [-0.25, -0.2) is 0 Å². The molecule has 0 spiro atoms. The van der Waals surface area contributed by atoms with Crippen LogP contribution in [0.1, 0.15) is 42.6 Å². The minimum Gasteiger partial charge on any atom is -0.294 e. The molecule has 0 N–H and O–H groups in total. The molecule has 2 aromatic rings. The van der Waals surface area contributed by atoms with Crippen LogP contribution in [0.3, 0.4) is 0 Å². The van der Waals surface area contributed by atoms with Crippen LogP contribution in [-0.2, 0) is 5.41 Å². The van der Waals surface area contributed by atoms with Gasteiger partial charge in [0.25, 0.3) is 0 Å². The highest BCUT2D eigenvalue weighted by Crippen LogP contribution is 2.32. The number of hydrogen-bond acceptors (Lipinski definition) is 1. The Bertz CT molecular complexity index is 530. The summed E-state index contributed by atoms with van der Waals surface area (Å²) in [4.78, 5) is 12.4. The summed E-state index contributed by atoms with van der Waals surface area (Å²) in [5.41, 5.74) is 1.95. The van der Waals surface area contributed by atoms with Crippen LogP contribution < -0.4 is 0 Å². The van der Waals surface area contributed by atoms with E-state index in [9.17, 15) is 4.79 Å².